The van der Waals surface area contributed by atoms with Crippen molar-refractivity contribution in [2.45, 2.75) is 20.3 Å². The van der Waals surface area contributed by atoms with Gasteiger partial charge in [-0.05, 0) is 49.3 Å². The maximum atomic E-state index is 11.9. The lowest BCUT2D eigenvalue weighted by Crippen LogP contribution is -2.20. The number of thiocarbonyl (C=S) groups is 1. The molecule has 1 aromatic heterocycles. The molecule has 4 nitrogen and oxygen atoms in total. The summed E-state index contributed by atoms with van der Waals surface area (Å²) < 4.78 is 4.82. The molecule has 1 heterocycles. The minimum absolute atomic E-state index is 0.384. The Balaban J connectivity index is 2.18. The number of nitrogens with one attached hydrogen (secondary N) is 2. The van der Waals surface area contributed by atoms with Gasteiger partial charge in [-0.1, -0.05) is 24.6 Å². The predicted octanol–water partition coefficient (Wildman–Crippen LogP) is 4.87. The summed E-state index contributed by atoms with van der Waals surface area (Å²) in [7, 11) is 1.36. The average molecular weight is 369 g/mol. The van der Waals surface area contributed by atoms with E-state index in [2.05, 4.69) is 10.6 Å². The molecule has 0 saturated heterocycles. The number of halogens is 1. The van der Waals surface area contributed by atoms with E-state index in [9.17, 15) is 4.79 Å². The van der Waals surface area contributed by atoms with E-state index in [-0.39, 0.29) is 5.97 Å². The molecule has 0 unspecified atom stereocenters. The number of ether oxygens (including phenoxy) is 1. The molecule has 0 aliphatic heterocycles. The zero-order valence-corrected chi connectivity index (χ0v) is 15.4. The first-order valence-electron chi connectivity index (χ1n) is 7.00. The fraction of sp³-hybridized carbons (Fsp3) is 0.250. The highest BCUT2D eigenvalue weighted by Crippen LogP contribution is 2.30. The third-order valence-electron chi connectivity index (χ3n) is 3.28. The number of esters is 1. The van der Waals surface area contributed by atoms with Gasteiger partial charge in [0.1, 0.15) is 5.00 Å². The van der Waals surface area contributed by atoms with Crippen LogP contribution in [0, 0.1) is 6.92 Å². The maximum Gasteiger partial charge on any atom is 0.340 e. The zero-order valence-electron chi connectivity index (χ0n) is 13.0. The summed E-state index contributed by atoms with van der Waals surface area (Å²) in [5, 5.41) is 7.90. The molecule has 0 bridgehead atoms. The molecule has 0 saturated carbocycles. The van der Waals surface area contributed by atoms with Crippen molar-refractivity contribution < 1.29 is 9.53 Å². The van der Waals surface area contributed by atoms with Crippen molar-refractivity contribution in [3.05, 3.63) is 45.3 Å². The summed E-state index contributed by atoms with van der Waals surface area (Å²) in [5.41, 5.74) is 2.22. The van der Waals surface area contributed by atoms with E-state index >= 15 is 0 Å². The Morgan fingerprint density at radius 1 is 1.39 bits per heavy atom. The van der Waals surface area contributed by atoms with Gasteiger partial charge in [0.2, 0.25) is 0 Å². The third-order valence-corrected chi connectivity index (χ3v) is 5.09. The van der Waals surface area contributed by atoms with Gasteiger partial charge in [0, 0.05) is 15.6 Å². The number of methoxy groups -OCH3 is 1. The Kier molecular flexibility index (Phi) is 5.98. The Hall–Kier alpha value is -1.63. The maximum absolute atomic E-state index is 11.9. The van der Waals surface area contributed by atoms with Gasteiger partial charge < -0.3 is 15.4 Å². The number of hydrogen-bond acceptors (Lipinski definition) is 4. The standard InChI is InChI=1S/C16H17ClN2O2S2/c1-4-10-8-11(15(20)21-3)14(23-10)19-16(22)18-13-7-5-6-12(17)9(13)2/h5-8H,4H2,1-3H3,(H2,18,19,22). The van der Waals surface area contributed by atoms with E-state index in [4.69, 9.17) is 28.6 Å². The largest absolute Gasteiger partial charge is 0.465 e. The van der Waals surface area contributed by atoms with Crippen LogP contribution in [0.25, 0.3) is 0 Å². The van der Waals surface area contributed by atoms with Gasteiger partial charge >= 0.3 is 5.97 Å². The predicted molar refractivity (Wildman–Crippen MR) is 101 cm³/mol. The van der Waals surface area contributed by atoms with Crippen LogP contribution in [0.1, 0.15) is 27.7 Å². The molecule has 0 spiro atoms. The SMILES string of the molecule is CCc1cc(C(=O)OC)c(NC(=S)Nc2cccc(Cl)c2C)s1. The van der Waals surface area contributed by atoms with Gasteiger partial charge in [0.05, 0.1) is 12.7 Å². The number of anilines is 2. The van der Waals surface area contributed by atoms with Crippen molar-refractivity contribution in [1.29, 1.82) is 0 Å². The second-order valence-corrected chi connectivity index (χ2v) is 6.74. The average Bonchev–Trinajstić information content (AvgIpc) is 2.94. The summed E-state index contributed by atoms with van der Waals surface area (Å²) >= 11 is 12.9. The first-order valence-corrected chi connectivity index (χ1v) is 8.60. The zero-order chi connectivity index (χ0) is 17.0. The van der Waals surface area contributed by atoms with Crippen LogP contribution in [-0.4, -0.2) is 18.2 Å². The van der Waals surface area contributed by atoms with Crippen LogP contribution in [0.2, 0.25) is 5.02 Å². The van der Waals surface area contributed by atoms with Crippen molar-refractivity contribution in [3.8, 4) is 0 Å². The second kappa shape index (κ2) is 7.77. The van der Waals surface area contributed by atoms with E-state index in [0.717, 1.165) is 22.5 Å². The summed E-state index contributed by atoms with van der Waals surface area (Å²) in [6.07, 6.45) is 0.837. The number of carbonyl (C=O) groups is 1. The Labute approximate surface area is 149 Å². The molecule has 0 atom stereocenters. The van der Waals surface area contributed by atoms with Gasteiger partial charge in [0.15, 0.2) is 5.11 Å². The van der Waals surface area contributed by atoms with Gasteiger partial charge in [-0.25, -0.2) is 4.79 Å². The van der Waals surface area contributed by atoms with Crippen LogP contribution in [-0.2, 0) is 11.2 Å². The van der Waals surface area contributed by atoms with Crippen LogP contribution in [0.5, 0.6) is 0 Å². The lowest BCUT2D eigenvalue weighted by Gasteiger charge is -2.13. The van der Waals surface area contributed by atoms with Crippen LogP contribution in [0.15, 0.2) is 24.3 Å². The number of benzene rings is 1. The molecular formula is C16H17ClN2O2S2. The second-order valence-electron chi connectivity index (χ2n) is 4.79. The van der Waals surface area contributed by atoms with E-state index in [1.807, 2.05) is 38.1 Å². The van der Waals surface area contributed by atoms with Crippen LogP contribution < -0.4 is 10.6 Å². The Morgan fingerprint density at radius 2 is 2.13 bits per heavy atom. The van der Waals surface area contributed by atoms with Gasteiger partial charge in [-0.2, -0.15) is 0 Å². The molecule has 0 radical (unpaired) electrons. The van der Waals surface area contributed by atoms with Crippen molar-refractivity contribution in [1.82, 2.24) is 0 Å². The fourth-order valence-corrected chi connectivity index (χ4v) is 3.41. The molecule has 0 amide bonds. The Morgan fingerprint density at radius 3 is 2.78 bits per heavy atom. The Bertz CT molecular complexity index is 744. The monoisotopic (exact) mass is 368 g/mol. The van der Waals surface area contributed by atoms with Crippen LogP contribution in [0.3, 0.4) is 0 Å². The highest BCUT2D eigenvalue weighted by atomic mass is 35.5. The highest BCUT2D eigenvalue weighted by Gasteiger charge is 2.17. The fourth-order valence-electron chi connectivity index (χ4n) is 1.97. The van der Waals surface area contributed by atoms with E-state index in [1.165, 1.54) is 18.4 Å². The first kappa shape index (κ1) is 17.7. The first-order chi connectivity index (χ1) is 11.0. The minimum Gasteiger partial charge on any atom is -0.465 e. The quantitative estimate of drug-likeness (QED) is 0.595. The van der Waals surface area contributed by atoms with Gasteiger partial charge in [-0.3, -0.25) is 0 Å². The summed E-state index contributed by atoms with van der Waals surface area (Å²) in [6.45, 7) is 3.94. The number of rotatable bonds is 4. The molecule has 2 N–H and O–H groups in total. The van der Waals surface area contributed by atoms with Crippen LogP contribution in [0.4, 0.5) is 10.7 Å². The van der Waals surface area contributed by atoms with Crippen molar-refractivity contribution in [2.75, 3.05) is 17.7 Å². The molecule has 2 rings (SSSR count). The molecule has 0 fully saturated rings. The van der Waals surface area contributed by atoms with Gasteiger partial charge in [-0.15, -0.1) is 11.3 Å². The number of carbonyl (C=O) groups excluding carboxylic acids is 1. The number of aryl methyl sites for hydroxylation is 1. The molecule has 7 heteroatoms. The van der Waals surface area contributed by atoms with Crippen LogP contribution >= 0.6 is 35.2 Å². The normalized spacial score (nSPS) is 10.3. The third kappa shape index (κ3) is 4.22. The smallest absolute Gasteiger partial charge is 0.340 e. The summed E-state index contributed by atoms with van der Waals surface area (Å²) in [5.74, 6) is -0.384. The minimum atomic E-state index is -0.384. The van der Waals surface area contributed by atoms with Crippen molar-refractivity contribution in [3.63, 3.8) is 0 Å². The lowest BCUT2D eigenvalue weighted by atomic mass is 10.2. The molecule has 122 valence electrons. The van der Waals surface area contributed by atoms with E-state index < -0.39 is 0 Å². The summed E-state index contributed by atoms with van der Waals surface area (Å²) in [6, 6.07) is 7.38. The molecule has 23 heavy (non-hydrogen) atoms. The van der Waals surface area contributed by atoms with E-state index in [0.29, 0.717) is 20.7 Å². The highest BCUT2D eigenvalue weighted by molar-refractivity contribution is 7.80. The molecule has 0 aliphatic rings. The molecule has 2 aromatic rings. The molecule has 1 aromatic carbocycles. The van der Waals surface area contributed by atoms with Gasteiger partial charge in [0.25, 0.3) is 0 Å². The number of thiophene rings is 1. The lowest BCUT2D eigenvalue weighted by molar-refractivity contribution is 0.0602. The number of hydrogen-bond donors (Lipinski definition) is 2. The topological polar surface area (TPSA) is 50.4 Å². The van der Waals surface area contributed by atoms with E-state index in [1.54, 1.807) is 0 Å². The van der Waals surface area contributed by atoms with Crippen molar-refractivity contribution >= 4 is 56.9 Å². The molecule has 0 aliphatic carbocycles. The van der Waals surface area contributed by atoms with Crippen molar-refractivity contribution in [2.24, 2.45) is 0 Å². The summed E-state index contributed by atoms with van der Waals surface area (Å²) in [4.78, 5) is 12.9. The molecular weight excluding hydrogens is 352 g/mol.